The smallest absolute Gasteiger partial charge is 0.311 e. The van der Waals surface area contributed by atoms with Crippen LogP contribution in [0.15, 0.2) is 59.1 Å². The third-order valence-corrected chi connectivity index (χ3v) is 5.74. The normalized spacial score (nSPS) is 18.2. The lowest BCUT2D eigenvalue weighted by Crippen LogP contribution is -2.46. The third kappa shape index (κ3) is 4.69. The Morgan fingerprint density at radius 3 is 2.55 bits per heavy atom. The highest BCUT2D eigenvalue weighted by Crippen LogP contribution is 2.43. The fourth-order valence-corrected chi connectivity index (χ4v) is 4.19. The van der Waals surface area contributed by atoms with Crippen molar-refractivity contribution in [2.45, 2.75) is 32.4 Å². The standard InChI is InChI=1S/C25H26N2O6/c1-16-14-19(33-26-16)15-32-25(29)21-12-13-23(28)27(17-8-10-18(30-2)11-9-17)24(21)20-6-4-5-7-22(20)31-3/h4-11,14,21,24H,12-13,15H2,1-3H3/t21-,24-/m1/s1. The molecule has 1 aliphatic heterocycles. The van der Waals surface area contributed by atoms with Crippen LogP contribution in [0.3, 0.4) is 0 Å². The predicted molar refractivity (Wildman–Crippen MR) is 120 cm³/mol. The van der Waals surface area contributed by atoms with Crippen LogP contribution in [0.4, 0.5) is 5.69 Å². The number of hydrogen-bond donors (Lipinski definition) is 0. The largest absolute Gasteiger partial charge is 0.497 e. The van der Waals surface area contributed by atoms with Crippen molar-refractivity contribution in [2.24, 2.45) is 5.92 Å². The topological polar surface area (TPSA) is 91.1 Å². The summed E-state index contributed by atoms with van der Waals surface area (Å²) in [6, 6.07) is 15.7. The van der Waals surface area contributed by atoms with Gasteiger partial charge in [0.1, 0.15) is 11.5 Å². The van der Waals surface area contributed by atoms with E-state index in [1.807, 2.05) is 36.4 Å². The van der Waals surface area contributed by atoms with Crippen LogP contribution in [0, 0.1) is 12.8 Å². The maximum atomic E-state index is 13.3. The number of piperidine rings is 1. The first-order valence-corrected chi connectivity index (χ1v) is 10.7. The number of nitrogens with zero attached hydrogens (tertiary/aromatic N) is 2. The van der Waals surface area contributed by atoms with Crippen molar-refractivity contribution in [1.82, 2.24) is 5.16 Å². The Kier molecular flexibility index (Phi) is 6.63. The number of esters is 1. The lowest BCUT2D eigenvalue weighted by Gasteiger charge is -2.40. The van der Waals surface area contributed by atoms with Gasteiger partial charge >= 0.3 is 5.97 Å². The van der Waals surface area contributed by atoms with Crippen LogP contribution in [-0.4, -0.2) is 31.3 Å². The van der Waals surface area contributed by atoms with E-state index in [-0.39, 0.29) is 18.9 Å². The molecule has 172 valence electrons. The summed E-state index contributed by atoms with van der Waals surface area (Å²) in [4.78, 5) is 28.1. The summed E-state index contributed by atoms with van der Waals surface area (Å²) >= 11 is 0. The maximum Gasteiger partial charge on any atom is 0.311 e. The van der Waals surface area contributed by atoms with Crippen LogP contribution in [0.1, 0.15) is 35.9 Å². The molecule has 8 heteroatoms. The van der Waals surface area contributed by atoms with Gasteiger partial charge in [0, 0.05) is 23.7 Å². The summed E-state index contributed by atoms with van der Waals surface area (Å²) in [5, 5.41) is 3.82. The molecule has 0 radical (unpaired) electrons. The Morgan fingerprint density at radius 1 is 1.12 bits per heavy atom. The van der Waals surface area contributed by atoms with Gasteiger partial charge in [0.05, 0.1) is 31.9 Å². The number of benzene rings is 2. The Balaban J connectivity index is 1.71. The van der Waals surface area contributed by atoms with Crippen molar-refractivity contribution in [1.29, 1.82) is 0 Å². The second-order valence-corrected chi connectivity index (χ2v) is 7.84. The summed E-state index contributed by atoms with van der Waals surface area (Å²) in [5.74, 6) is 0.658. The number of para-hydroxylation sites is 1. The molecular weight excluding hydrogens is 424 g/mol. The third-order valence-electron chi connectivity index (χ3n) is 5.74. The number of hydrogen-bond acceptors (Lipinski definition) is 7. The lowest BCUT2D eigenvalue weighted by atomic mass is 9.83. The van der Waals surface area contributed by atoms with Crippen LogP contribution in [-0.2, 0) is 20.9 Å². The molecule has 1 saturated heterocycles. The summed E-state index contributed by atoms with van der Waals surface area (Å²) < 4.78 is 21.6. The molecule has 0 spiro atoms. The Morgan fingerprint density at radius 2 is 1.88 bits per heavy atom. The number of methoxy groups -OCH3 is 2. The number of rotatable bonds is 7. The van der Waals surface area contributed by atoms with Crippen molar-refractivity contribution in [3.8, 4) is 11.5 Å². The summed E-state index contributed by atoms with van der Waals surface area (Å²) in [7, 11) is 3.15. The average molecular weight is 450 g/mol. The molecule has 0 aliphatic carbocycles. The monoisotopic (exact) mass is 450 g/mol. The van der Waals surface area contributed by atoms with Crippen LogP contribution < -0.4 is 14.4 Å². The Hall–Kier alpha value is -3.81. The average Bonchev–Trinajstić information content (AvgIpc) is 3.27. The van der Waals surface area contributed by atoms with Gasteiger partial charge in [-0.25, -0.2) is 0 Å². The van der Waals surface area contributed by atoms with Gasteiger partial charge in [-0.2, -0.15) is 0 Å². The highest BCUT2D eigenvalue weighted by atomic mass is 16.5. The zero-order valence-electron chi connectivity index (χ0n) is 18.8. The van der Waals surface area contributed by atoms with E-state index in [9.17, 15) is 9.59 Å². The van der Waals surface area contributed by atoms with Gasteiger partial charge < -0.3 is 23.6 Å². The first-order chi connectivity index (χ1) is 16.0. The molecule has 2 aromatic carbocycles. The van der Waals surface area contributed by atoms with E-state index in [1.165, 1.54) is 0 Å². The molecule has 0 unspecified atom stereocenters. The van der Waals surface area contributed by atoms with E-state index < -0.39 is 17.9 Å². The summed E-state index contributed by atoms with van der Waals surface area (Å²) in [6.07, 6.45) is 0.585. The molecule has 4 rings (SSSR count). The van der Waals surface area contributed by atoms with Crippen LogP contribution >= 0.6 is 0 Å². The number of aryl methyl sites for hydroxylation is 1. The minimum Gasteiger partial charge on any atom is -0.497 e. The van der Waals surface area contributed by atoms with Crippen molar-refractivity contribution in [3.05, 3.63) is 71.6 Å². The minimum absolute atomic E-state index is 0.0225. The molecular formula is C25H26N2O6. The molecule has 1 aliphatic rings. The molecule has 2 atom stereocenters. The van der Waals surface area contributed by atoms with Gasteiger partial charge in [-0.15, -0.1) is 0 Å². The summed E-state index contributed by atoms with van der Waals surface area (Å²) in [5.41, 5.74) is 2.11. The molecule has 0 bridgehead atoms. The zero-order chi connectivity index (χ0) is 23.4. The molecule has 2 heterocycles. The van der Waals surface area contributed by atoms with E-state index in [2.05, 4.69) is 5.16 Å². The van der Waals surface area contributed by atoms with Crippen LogP contribution in [0.2, 0.25) is 0 Å². The zero-order valence-corrected chi connectivity index (χ0v) is 18.8. The number of ether oxygens (including phenoxy) is 3. The molecule has 1 aromatic heterocycles. The lowest BCUT2D eigenvalue weighted by molar-refractivity contribution is -0.152. The van der Waals surface area contributed by atoms with Gasteiger partial charge in [0.2, 0.25) is 5.91 Å². The van der Waals surface area contributed by atoms with Crippen molar-refractivity contribution < 1.29 is 28.3 Å². The molecule has 33 heavy (non-hydrogen) atoms. The van der Waals surface area contributed by atoms with Crippen LogP contribution in [0.5, 0.6) is 11.5 Å². The number of carbonyl (C=O) groups excluding carboxylic acids is 2. The Labute approximate surface area is 192 Å². The number of anilines is 1. The Bertz CT molecular complexity index is 1120. The first-order valence-electron chi connectivity index (χ1n) is 10.7. The molecule has 3 aromatic rings. The van der Waals surface area contributed by atoms with Crippen molar-refractivity contribution in [2.75, 3.05) is 19.1 Å². The molecule has 8 nitrogen and oxygen atoms in total. The van der Waals surface area contributed by atoms with Gasteiger partial charge in [-0.1, -0.05) is 23.4 Å². The highest BCUT2D eigenvalue weighted by molar-refractivity contribution is 5.97. The number of amides is 1. The van der Waals surface area contributed by atoms with Crippen molar-refractivity contribution in [3.63, 3.8) is 0 Å². The molecule has 0 saturated carbocycles. The van der Waals surface area contributed by atoms with Crippen molar-refractivity contribution >= 4 is 17.6 Å². The molecule has 1 amide bonds. The van der Waals surface area contributed by atoms with Gasteiger partial charge in [0.15, 0.2) is 12.4 Å². The van der Waals surface area contributed by atoms with E-state index in [0.717, 1.165) is 5.56 Å². The first kappa shape index (κ1) is 22.4. The predicted octanol–water partition coefficient (Wildman–Crippen LogP) is 4.23. The maximum absolute atomic E-state index is 13.3. The van der Waals surface area contributed by atoms with Gasteiger partial charge in [-0.3, -0.25) is 9.59 Å². The van der Waals surface area contributed by atoms with E-state index in [0.29, 0.717) is 35.1 Å². The van der Waals surface area contributed by atoms with Gasteiger partial charge in [0.25, 0.3) is 0 Å². The molecule has 0 N–H and O–H groups in total. The second-order valence-electron chi connectivity index (χ2n) is 7.84. The fraction of sp³-hybridized carbons (Fsp3) is 0.320. The number of carbonyl (C=O) groups is 2. The quantitative estimate of drug-likeness (QED) is 0.498. The summed E-state index contributed by atoms with van der Waals surface area (Å²) in [6.45, 7) is 1.78. The van der Waals surface area contributed by atoms with Gasteiger partial charge in [-0.05, 0) is 43.7 Å². The van der Waals surface area contributed by atoms with Crippen LogP contribution in [0.25, 0.3) is 0 Å². The van der Waals surface area contributed by atoms with E-state index >= 15 is 0 Å². The minimum atomic E-state index is -0.597. The SMILES string of the molecule is COc1ccc(N2C(=O)CC[C@@H](C(=O)OCc3cc(C)no3)[C@H]2c2ccccc2OC)cc1. The highest BCUT2D eigenvalue weighted by Gasteiger charge is 2.43. The second kappa shape index (κ2) is 9.77. The van der Waals surface area contributed by atoms with E-state index in [1.54, 1.807) is 44.2 Å². The fourth-order valence-electron chi connectivity index (χ4n) is 4.19. The molecule has 1 fully saturated rings. The van der Waals surface area contributed by atoms with E-state index in [4.69, 9.17) is 18.7 Å². The number of aromatic nitrogens is 1.